The molecule has 4 rings (SSSR count). The Balaban J connectivity index is 2.12. The highest BCUT2D eigenvalue weighted by Gasteiger charge is 2.57. The van der Waals surface area contributed by atoms with Gasteiger partial charge in [-0.3, -0.25) is 4.79 Å². The zero-order valence-electron chi connectivity index (χ0n) is 30.4. The van der Waals surface area contributed by atoms with Crippen molar-refractivity contribution >= 4 is 29.1 Å². The first-order valence-electron chi connectivity index (χ1n) is 15.8. The van der Waals surface area contributed by atoms with Gasteiger partial charge in [0.1, 0.15) is 24.5 Å². The Bertz CT molecular complexity index is 1650. The molecule has 270 valence electrons. The van der Waals surface area contributed by atoms with Crippen LogP contribution in [0.15, 0.2) is 60.7 Å². The maximum atomic E-state index is 13.2. The summed E-state index contributed by atoms with van der Waals surface area (Å²) in [6.45, 7) is 0.281. The third-order valence-corrected chi connectivity index (χ3v) is 13.0. The van der Waals surface area contributed by atoms with Gasteiger partial charge in [0.15, 0.2) is 50.4 Å². The van der Waals surface area contributed by atoms with Crippen molar-refractivity contribution in [1.29, 1.82) is 5.26 Å². The Morgan fingerprint density at radius 2 is 0.902 bits per heavy atom. The fourth-order valence-corrected chi connectivity index (χ4v) is 11.2. The molecule has 0 bridgehead atoms. The minimum Gasteiger partial charge on any atom is -0.496 e. The van der Waals surface area contributed by atoms with Crippen molar-refractivity contribution in [2.24, 2.45) is 0 Å². The summed E-state index contributed by atoms with van der Waals surface area (Å²) in [5, 5.41) is 14.3. The molecule has 51 heavy (non-hydrogen) atoms. The number of nitrogens with one attached hydrogen (secondary N) is 1. The second-order valence-corrected chi connectivity index (χ2v) is 14.4. The van der Waals surface area contributed by atoms with Crippen molar-refractivity contribution < 1.29 is 47.4 Å². The monoisotopic (exact) mass is 719 g/mol. The number of benzene rings is 4. The van der Waals surface area contributed by atoms with Gasteiger partial charge in [0.25, 0.3) is 5.91 Å². The molecule has 0 aliphatic rings. The first kappa shape index (κ1) is 38.3. The Labute approximate surface area is 299 Å². The lowest BCUT2D eigenvalue weighted by Crippen LogP contribution is -2.38. The molecule has 4 aromatic carbocycles. The topological polar surface area (TPSA) is 136 Å². The van der Waals surface area contributed by atoms with Crippen molar-refractivity contribution in [3.05, 3.63) is 71.8 Å². The molecular formula is C38H44N2O10P+. The zero-order valence-corrected chi connectivity index (χ0v) is 31.3. The number of carbonyl (C=O) groups is 1. The van der Waals surface area contributed by atoms with E-state index in [0.29, 0.717) is 91.4 Å². The van der Waals surface area contributed by atoms with E-state index in [4.69, 9.17) is 42.6 Å². The predicted molar refractivity (Wildman–Crippen MR) is 197 cm³/mol. The fraction of sp³-hybridized carbons (Fsp3) is 0.316. The van der Waals surface area contributed by atoms with E-state index < -0.39 is 7.26 Å². The summed E-state index contributed by atoms with van der Waals surface area (Å²) in [5.74, 6) is 4.11. The zero-order chi connectivity index (χ0) is 37.1. The number of ether oxygens (including phenoxy) is 9. The number of nitrogens with zero attached hydrogens (tertiary/aromatic N) is 1. The van der Waals surface area contributed by atoms with Crippen molar-refractivity contribution in [3.63, 3.8) is 0 Å². The summed E-state index contributed by atoms with van der Waals surface area (Å²) in [6, 6.07) is 19.3. The van der Waals surface area contributed by atoms with E-state index in [-0.39, 0.29) is 12.5 Å². The molecular weight excluding hydrogens is 675 g/mol. The third kappa shape index (κ3) is 7.64. The summed E-state index contributed by atoms with van der Waals surface area (Å²) in [5.41, 5.74) is 0.902. The van der Waals surface area contributed by atoms with Gasteiger partial charge in [0, 0.05) is 48.5 Å². The normalized spacial score (nSPS) is 10.7. The second-order valence-electron chi connectivity index (χ2n) is 11.0. The number of carbonyl (C=O) groups excluding carboxylic acids is 1. The Kier molecular flexibility index (Phi) is 13.1. The molecule has 0 saturated carbocycles. The smallest absolute Gasteiger partial charge is 0.251 e. The minimum absolute atomic E-state index is 0.276. The van der Waals surface area contributed by atoms with Crippen LogP contribution in [0, 0.1) is 11.3 Å². The number of methoxy groups -OCH3 is 9. The number of rotatable bonds is 17. The molecule has 0 aromatic heterocycles. The van der Waals surface area contributed by atoms with Crippen LogP contribution in [0.2, 0.25) is 0 Å². The van der Waals surface area contributed by atoms with Crippen LogP contribution in [0.5, 0.6) is 51.7 Å². The Morgan fingerprint density at radius 1 is 0.569 bits per heavy atom. The van der Waals surface area contributed by atoms with Crippen LogP contribution in [0.3, 0.4) is 0 Å². The summed E-state index contributed by atoms with van der Waals surface area (Å²) < 4.78 is 53.8. The first-order valence-corrected chi connectivity index (χ1v) is 17.8. The van der Waals surface area contributed by atoms with Crippen molar-refractivity contribution in [1.82, 2.24) is 5.32 Å². The number of nitriles is 1. The summed E-state index contributed by atoms with van der Waals surface area (Å²) >= 11 is 0. The number of hydrogen-bond donors (Lipinski definition) is 1. The van der Waals surface area contributed by atoms with E-state index in [1.165, 1.54) is 0 Å². The van der Waals surface area contributed by atoms with Crippen LogP contribution in [-0.2, 0) is 0 Å². The fourth-order valence-electron chi connectivity index (χ4n) is 6.08. The molecule has 0 spiro atoms. The van der Waals surface area contributed by atoms with E-state index in [1.54, 1.807) is 125 Å². The van der Waals surface area contributed by atoms with Crippen molar-refractivity contribution in [2.75, 3.05) is 76.7 Å². The van der Waals surface area contributed by atoms with Crippen LogP contribution in [0.1, 0.15) is 22.3 Å². The van der Waals surface area contributed by atoms with Gasteiger partial charge in [0.2, 0.25) is 0 Å². The van der Waals surface area contributed by atoms with Crippen LogP contribution < -0.4 is 63.9 Å². The third-order valence-electron chi connectivity index (χ3n) is 8.44. The quantitative estimate of drug-likeness (QED) is 0.120. The first-order chi connectivity index (χ1) is 24.7. The molecule has 1 amide bonds. The Hall–Kier alpha value is -5.53. The van der Waals surface area contributed by atoms with Gasteiger partial charge in [-0.15, -0.1) is 0 Å². The summed E-state index contributed by atoms with van der Waals surface area (Å²) in [6.07, 6.45) is 0.850. The molecule has 4 aromatic rings. The molecule has 1 N–H and O–H groups in total. The Morgan fingerprint density at radius 3 is 1.18 bits per heavy atom. The average Bonchev–Trinajstić information content (AvgIpc) is 3.19. The van der Waals surface area contributed by atoms with Crippen LogP contribution in [-0.4, -0.2) is 82.6 Å². The van der Waals surface area contributed by atoms with Crippen LogP contribution in [0.4, 0.5) is 0 Å². The van der Waals surface area contributed by atoms with Gasteiger partial charge in [0.05, 0.1) is 81.8 Å². The lowest BCUT2D eigenvalue weighted by Gasteiger charge is -2.33. The summed E-state index contributed by atoms with van der Waals surface area (Å²) in [4.78, 5) is 13.2. The van der Waals surface area contributed by atoms with Crippen molar-refractivity contribution in [2.45, 2.75) is 6.42 Å². The van der Waals surface area contributed by atoms with Gasteiger partial charge in [-0.05, 0) is 30.7 Å². The average molecular weight is 720 g/mol. The van der Waals surface area contributed by atoms with Gasteiger partial charge in [-0.2, -0.15) is 5.26 Å². The molecule has 0 aliphatic carbocycles. The number of amides is 1. The molecule has 0 atom stereocenters. The van der Waals surface area contributed by atoms with Crippen LogP contribution >= 0.6 is 7.26 Å². The van der Waals surface area contributed by atoms with Gasteiger partial charge in [-0.1, -0.05) is 0 Å². The maximum absolute atomic E-state index is 13.2. The standard InChI is InChI=1S/C38H43N2O10P/c1-42-26-17-29(45-4)35(30(18-26)46-5)51(36-31(47-6)19-27(43-2)20-32(36)48-7,37-33(49-8)21-28(44-3)22-34(37)50-9)16-10-15-40-38(41)25-13-11-24(23-39)12-14-25/h11-14,17-22H,10,15-16H2,1-9H3/p+1. The van der Waals surface area contributed by atoms with Gasteiger partial charge in [-0.25, -0.2) is 0 Å². The largest absolute Gasteiger partial charge is 0.496 e. The SMILES string of the molecule is COc1cc(OC)c([P+](CCCNC(=O)c2ccc(C#N)cc2)(c2c(OC)cc(OC)cc2OC)c2c(OC)cc(OC)cc2OC)c(OC)c1. The van der Waals surface area contributed by atoms with E-state index in [1.807, 2.05) is 0 Å². The van der Waals surface area contributed by atoms with Crippen LogP contribution in [0.25, 0.3) is 0 Å². The summed E-state index contributed by atoms with van der Waals surface area (Å²) in [7, 11) is 11.0. The molecule has 0 saturated heterocycles. The van der Waals surface area contributed by atoms with E-state index in [9.17, 15) is 10.1 Å². The highest BCUT2D eigenvalue weighted by Crippen LogP contribution is 2.66. The lowest BCUT2D eigenvalue weighted by molar-refractivity contribution is 0.0953. The molecule has 0 fully saturated rings. The van der Waals surface area contributed by atoms with E-state index in [0.717, 1.165) is 0 Å². The van der Waals surface area contributed by atoms with Crippen molar-refractivity contribution in [3.8, 4) is 57.8 Å². The maximum Gasteiger partial charge on any atom is 0.251 e. The molecule has 0 unspecified atom stereocenters. The molecule has 13 heteroatoms. The minimum atomic E-state index is -3.22. The molecule has 0 radical (unpaired) electrons. The predicted octanol–water partition coefficient (Wildman–Crippen LogP) is 4.75. The highest BCUT2D eigenvalue weighted by molar-refractivity contribution is 7.96. The highest BCUT2D eigenvalue weighted by atomic mass is 31.2. The number of hydrogen-bond acceptors (Lipinski definition) is 11. The molecule has 0 heterocycles. The van der Waals surface area contributed by atoms with E-state index in [2.05, 4.69) is 11.4 Å². The van der Waals surface area contributed by atoms with Gasteiger partial charge >= 0.3 is 0 Å². The molecule has 12 nitrogen and oxygen atoms in total. The lowest BCUT2D eigenvalue weighted by atomic mass is 10.1. The molecule has 0 aliphatic heterocycles. The second kappa shape index (κ2) is 17.4. The van der Waals surface area contributed by atoms with E-state index >= 15 is 0 Å². The van der Waals surface area contributed by atoms with Gasteiger partial charge < -0.3 is 47.9 Å².